The van der Waals surface area contributed by atoms with E-state index < -0.39 is 5.97 Å². The first-order valence-corrected chi connectivity index (χ1v) is 4.76. The van der Waals surface area contributed by atoms with Gasteiger partial charge in [0.25, 0.3) is 0 Å². The van der Waals surface area contributed by atoms with Crippen molar-refractivity contribution < 1.29 is 14.6 Å². The van der Waals surface area contributed by atoms with Gasteiger partial charge < -0.3 is 9.84 Å². The highest BCUT2D eigenvalue weighted by atomic mass is 16.5. The molecule has 0 fully saturated rings. The van der Waals surface area contributed by atoms with E-state index in [0.717, 1.165) is 12.8 Å². The molecule has 1 aliphatic rings. The Bertz CT molecular complexity index is 196. The van der Waals surface area contributed by atoms with E-state index in [0.29, 0.717) is 6.61 Å². The first-order valence-electron chi connectivity index (χ1n) is 4.76. The monoisotopic (exact) mass is 184 g/mol. The SMILES string of the molecule is O=C(O)COCCC1=CCCCC1. The average Bonchev–Trinajstić information content (AvgIpc) is 2.14. The van der Waals surface area contributed by atoms with Crippen molar-refractivity contribution in [2.75, 3.05) is 13.2 Å². The maximum absolute atomic E-state index is 10.1. The summed E-state index contributed by atoms with van der Waals surface area (Å²) in [5.74, 6) is -0.891. The molecule has 0 spiro atoms. The van der Waals surface area contributed by atoms with Crippen LogP contribution >= 0.6 is 0 Å². The Kier molecular flexibility index (Phi) is 4.54. The van der Waals surface area contributed by atoms with Gasteiger partial charge in [0.15, 0.2) is 0 Å². The van der Waals surface area contributed by atoms with Gasteiger partial charge in [-0.05, 0) is 32.1 Å². The molecule has 1 rings (SSSR count). The van der Waals surface area contributed by atoms with Crippen LogP contribution in [0.2, 0.25) is 0 Å². The van der Waals surface area contributed by atoms with Crippen LogP contribution in [0.15, 0.2) is 11.6 Å². The number of aliphatic carboxylic acids is 1. The first kappa shape index (κ1) is 10.3. The third-order valence-electron chi connectivity index (χ3n) is 2.18. The molecule has 0 heterocycles. The van der Waals surface area contributed by atoms with Gasteiger partial charge in [-0.2, -0.15) is 0 Å². The van der Waals surface area contributed by atoms with E-state index in [1.165, 1.54) is 24.8 Å². The molecule has 74 valence electrons. The van der Waals surface area contributed by atoms with Gasteiger partial charge in [-0.3, -0.25) is 0 Å². The molecule has 0 amide bonds. The van der Waals surface area contributed by atoms with Crippen LogP contribution in [-0.4, -0.2) is 24.3 Å². The van der Waals surface area contributed by atoms with Gasteiger partial charge in [-0.15, -0.1) is 0 Å². The Balaban J connectivity index is 2.04. The molecule has 1 aliphatic carbocycles. The average molecular weight is 184 g/mol. The van der Waals surface area contributed by atoms with Crippen molar-refractivity contribution in [1.29, 1.82) is 0 Å². The van der Waals surface area contributed by atoms with Gasteiger partial charge in [-0.1, -0.05) is 11.6 Å². The molecule has 0 saturated heterocycles. The summed E-state index contributed by atoms with van der Waals surface area (Å²) < 4.78 is 4.96. The van der Waals surface area contributed by atoms with Crippen LogP contribution in [-0.2, 0) is 9.53 Å². The summed E-state index contributed by atoms with van der Waals surface area (Å²) in [6.45, 7) is 0.366. The lowest BCUT2D eigenvalue weighted by atomic mass is 9.98. The van der Waals surface area contributed by atoms with Gasteiger partial charge in [-0.25, -0.2) is 4.79 Å². The Morgan fingerprint density at radius 2 is 2.38 bits per heavy atom. The number of rotatable bonds is 5. The highest BCUT2D eigenvalue weighted by Gasteiger charge is 2.03. The lowest BCUT2D eigenvalue weighted by Crippen LogP contribution is -2.08. The number of hydrogen-bond acceptors (Lipinski definition) is 2. The van der Waals surface area contributed by atoms with Gasteiger partial charge in [0.05, 0.1) is 6.61 Å². The zero-order chi connectivity index (χ0) is 9.52. The van der Waals surface area contributed by atoms with E-state index in [-0.39, 0.29) is 6.61 Å². The van der Waals surface area contributed by atoms with Crippen molar-refractivity contribution in [3.05, 3.63) is 11.6 Å². The van der Waals surface area contributed by atoms with Crippen molar-refractivity contribution in [1.82, 2.24) is 0 Å². The molecule has 0 radical (unpaired) electrons. The fourth-order valence-corrected chi connectivity index (χ4v) is 1.49. The smallest absolute Gasteiger partial charge is 0.329 e. The molecule has 0 atom stereocenters. The van der Waals surface area contributed by atoms with Crippen LogP contribution in [0.25, 0.3) is 0 Å². The van der Waals surface area contributed by atoms with Crippen molar-refractivity contribution >= 4 is 5.97 Å². The van der Waals surface area contributed by atoms with Crippen LogP contribution in [0.1, 0.15) is 32.1 Å². The second kappa shape index (κ2) is 5.75. The van der Waals surface area contributed by atoms with Crippen LogP contribution < -0.4 is 0 Å². The lowest BCUT2D eigenvalue weighted by Gasteiger charge is -2.11. The summed E-state index contributed by atoms with van der Waals surface area (Å²) >= 11 is 0. The molecule has 0 bridgehead atoms. The third-order valence-corrected chi connectivity index (χ3v) is 2.18. The number of hydrogen-bond donors (Lipinski definition) is 1. The molecular formula is C10H16O3. The van der Waals surface area contributed by atoms with E-state index in [4.69, 9.17) is 9.84 Å². The second-order valence-electron chi connectivity index (χ2n) is 3.30. The van der Waals surface area contributed by atoms with Crippen molar-refractivity contribution in [3.8, 4) is 0 Å². The van der Waals surface area contributed by atoms with Crippen LogP contribution in [0.3, 0.4) is 0 Å². The molecule has 0 unspecified atom stereocenters. The molecule has 3 nitrogen and oxygen atoms in total. The van der Waals surface area contributed by atoms with Crippen LogP contribution in [0, 0.1) is 0 Å². The van der Waals surface area contributed by atoms with Gasteiger partial charge in [0, 0.05) is 0 Å². The minimum absolute atomic E-state index is 0.173. The first-order chi connectivity index (χ1) is 6.29. The number of carbonyl (C=O) groups is 1. The zero-order valence-corrected chi connectivity index (χ0v) is 7.79. The minimum atomic E-state index is -0.891. The lowest BCUT2D eigenvalue weighted by molar-refractivity contribution is -0.142. The topological polar surface area (TPSA) is 46.5 Å². The Morgan fingerprint density at radius 3 is 3.00 bits per heavy atom. The number of ether oxygens (including phenoxy) is 1. The number of allylic oxidation sites excluding steroid dienone is 1. The zero-order valence-electron chi connectivity index (χ0n) is 7.79. The van der Waals surface area contributed by atoms with Crippen molar-refractivity contribution in [2.24, 2.45) is 0 Å². The highest BCUT2D eigenvalue weighted by Crippen LogP contribution is 2.19. The van der Waals surface area contributed by atoms with Crippen LogP contribution in [0.5, 0.6) is 0 Å². The molecule has 0 aliphatic heterocycles. The Labute approximate surface area is 78.4 Å². The fraction of sp³-hybridized carbons (Fsp3) is 0.700. The summed E-state index contributed by atoms with van der Waals surface area (Å²) in [4.78, 5) is 10.1. The van der Waals surface area contributed by atoms with Crippen LogP contribution in [0.4, 0.5) is 0 Å². The molecule has 1 N–H and O–H groups in total. The predicted molar refractivity (Wildman–Crippen MR) is 49.6 cm³/mol. The highest BCUT2D eigenvalue weighted by molar-refractivity contribution is 5.67. The largest absolute Gasteiger partial charge is 0.480 e. The molecule has 3 heteroatoms. The molecule has 0 saturated carbocycles. The standard InChI is InChI=1S/C10H16O3/c11-10(12)8-13-7-6-9-4-2-1-3-5-9/h4H,1-3,5-8H2,(H,11,12). The molecule has 13 heavy (non-hydrogen) atoms. The van der Waals surface area contributed by atoms with Crippen molar-refractivity contribution in [3.63, 3.8) is 0 Å². The molecule has 0 aromatic heterocycles. The molecule has 0 aromatic carbocycles. The maximum Gasteiger partial charge on any atom is 0.329 e. The van der Waals surface area contributed by atoms with E-state index in [2.05, 4.69) is 6.08 Å². The minimum Gasteiger partial charge on any atom is -0.480 e. The number of carboxylic acid groups (broad SMARTS) is 1. The maximum atomic E-state index is 10.1. The second-order valence-corrected chi connectivity index (χ2v) is 3.30. The summed E-state index contributed by atoms with van der Waals surface area (Å²) in [6, 6.07) is 0. The third kappa shape index (κ3) is 4.68. The van der Waals surface area contributed by atoms with E-state index >= 15 is 0 Å². The summed E-state index contributed by atoms with van der Waals surface area (Å²) in [6.07, 6.45) is 8.05. The van der Waals surface area contributed by atoms with Crippen molar-refractivity contribution in [2.45, 2.75) is 32.1 Å². The van der Waals surface area contributed by atoms with E-state index in [1.807, 2.05) is 0 Å². The quantitative estimate of drug-likeness (QED) is 0.525. The molecule has 0 aromatic rings. The van der Waals surface area contributed by atoms with E-state index in [9.17, 15) is 4.79 Å². The van der Waals surface area contributed by atoms with E-state index in [1.54, 1.807) is 0 Å². The van der Waals surface area contributed by atoms with Gasteiger partial charge >= 0.3 is 5.97 Å². The fourth-order valence-electron chi connectivity index (χ4n) is 1.49. The molecular weight excluding hydrogens is 168 g/mol. The summed E-state index contributed by atoms with van der Waals surface area (Å²) in [5.41, 5.74) is 1.43. The predicted octanol–water partition coefficient (Wildman–Crippen LogP) is 1.98. The number of carboxylic acids is 1. The van der Waals surface area contributed by atoms with Gasteiger partial charge in [0.1, 0.15) is 6.61 Å². The summed E-state index contributed by atoms with van der Waals surface area (Å²) in [7, 11) is 0. The normalized spacial score (nSPS) is 16.8. The Hall–Kier alpha value is -0.830. The summed E-state index contributed by atoms with van der Waals surface area (Å²) in [5, 5.41) is 8.31. The Morgan fingerprint density at radius 1 is 1.54 bits per heavy atom. The van der Waals surface area contributed by atoms with Gasteiger partial charge in [0.2, 0.25) is 0 Å².